The van der Waals surface area contributed by atoms with Crippen molar-refractivity contribution >= 4 is 0 Å². The van der Waals surface area contributed by atoms with Gasteiger partial charge in [0.1, 0.15) is 23.9 Å². The molecule has 4 nitrogen and oxygen atoms in total. The van der Waals surface area contributed by atoms with Crippen molar-refractivity contribution in [1.29, 1.82) is 0 Å². The van der Waals surface area contributed by atoms with Crippen LogP contribution in [0.15, 0.2) is 28.7 Å². The van der Waals surface area contributed by atoms with E-state index in [-0.39, 0.29) is 0 Å². The zero-order valence-corrected chi connectivity index (χ0v) is 11.7. The van der Waals surface area contributed by atoms with E-state index in [1.807, 2.05) is 38.2 Å². The number of nitrogens with one attached hydrogen (secondary N) is 1. The Morgan fingerprint density at radius 3 is 2.74 bits per heavy atom. The van der Waals surface area contributed by atoms with Crippen LogP contribution in [0.25, 0.3) is 0 Å². The van der Waals surface area contributed by atoms with Gasteiger partial charge in [-0.15, -0.1) is 0 Å². The van der Waals surface area contributed by atoms with Gasteiger partial charge in [-0.2, -0.15) is 0 Å². The van der Waals surface area contributed by atoms with Crippen molar-refractivity contribution in [3.05, 3.63) is 47.2 Å². The highest BCUT2D eigenvalue weighted by Crippen LogP contribution is 2.19. The van der Waals surface area contributed by atoms with Gasteiger partial charge in [-0.25, -0.2) is 0 Å². The second kappa shape index (κ2) is 6.38. The molecule has 2 rings (SSSR count). The molecule has 0 aromatic carbocycles. The molecule has 102 valence electrons. The number of aromatic nitrogens is 1. The van der Waals surface area contributed by atoms with Gasteiger partial charge in [0.05, 0.1) is 12.2 Å². The average Bonchev–Trinajstić information content (AvgIpc) is 2.85. The summed E-state index contributed by atoms with van der Waals surface area (Å²) in [6.07, 6.45) is 0.861. The fourth-order valence-electron chi connectivity index (χ4n) is 1.90. The second-order valence-corrected chi connectivity index (χ2v) is 4.44. The molecule has 0 amide bonds. The quantitative estimate of drug-likeness (QED) is 0.867. The average molecular weight is 260 g/mol. The lowest BCUT2D eigenvalue weighted by atomic mass is 10.2. The van der Waals surface area contributed by atoms with Crippen molar-refractivity contribution in [1.82, 2.24) is 10.3 Å². The lowest BCUT2D eigenvalue weighted by molar-refractivity contribution is 0.262. The second-order valence-electron chi connectivity index (χ2n) is 4.44. The molecule has 0 aliphatic heterocycles. The van der Waals surface area contributed by atoms with Crippen LogP contribution in [-0.4, -0.2) is 12.0 Å². The molecule has 2 aromatic heterocycles. The van der Waals surface area contributed by atoms with Crippen LogP contribution >= 0.6 is 0 Å². The first-order chi connectivity index (χ1) is 9.22. The first kappa shape index (κ1) is 13.6. The Labute approximate surface area is 113 Å². The molecule has 19 heavy (non-hydrogen) atoms. The summed E-state index contributed by atoms with van der Waals surface area (Å²) in [5.74, 6) is 2.58. The van der Waals surface area contributed by atoms with Crippen molar-refractivity contribution in [2.75, 3.05) is 7.05 Å². The Balaban J connectivity index is 2.01. The molecular weight excluding hydrogens is 240 g/mol. The van der Waals surface area contributed by atoms with Crippen LogP contribution in [0.3, 0.4) is 0 Å². The molecule has 0 unspecified atom stereocenters. The standard InChI is InChI=1S/C15H20N2O2/c1-4-14-15(8-5-11(2)17-14)18-10-13-7-6-12(19-13)9-16-3/h5-8,16H,4,9-10H2,1-3H3. The van der Waals surface area contributed by atoms with Gasteiger partial charge < -0.3 is 14.5 Å². The normalized spacial score (nSPS) is 10.7. The molecular formula is C15H20N2O2. The number of aryl methyl sites for hydroxylation is 2. The summed E-state index contributed by atoms with van der Waals surface area (Å²) in [5.41, 5.74) is 2.00. The molecule has 0 saturated heterocycles. The highest BCUT2D eigenvalue weighted by atomic mass is 16.5. The number of hydrogen-bond donors (Lipinski definition) is 1. The topological polar surface area (TPSA) is 47.3 Å². The summed E-state index contributed by atoms with van der Waals surface area (Å²) in [6.45, 7) is 5.22. The Bertz CT molecular complexity index is 535. The first-order valence-corrected chi connectivity index (χ1v) is 6.54. The summed E-state index contributed by atoms with van der Waals surface area (Å²) in [6, 6.07) is 7.84. The Kier molecular flexibility index (Phi) is 4.58. The van der Waals surface area contributed by atoms with Crippen LogP contribution in [0.1, 0.15) is 29.8 Å². The fraction of sp³-hybridized carbons (Fsp3) is 0.400. The maximum absolute atomic E-state index is 5.78. The first-order valence-electron chi connectivity index (χ1n) is 6.54. The monoisotopic (exact) mass is 260 g/mol. The van der Waals surface area contributed by atoms with E-state index >= 15 is 0 Å². The third kappa shape index (κ3) is 3.58. The predicted octanol–water partition coefficient (Wildman–Crippen LogP) is 2.84. The van der Waals surface area contributed by atoms with E-state index in [1.165, 1.54) is 0 Å². The lowest BCUT2D eigenvalue weighted by Gasteiger charge is -2.09. The molecule has 0 radical (unpaired) electrons. The van der Waals surface area contributed by atoms with E-state index in [9.17, 15) is 0 Å². The Morgan fingerprint density at radius 2 is 2.00 bits per heavy atom. The van der Waals surface area contributed by atoms with Crippen molar-refractivity contribution in [2.45, 2.75) is 33.4 Å². The largest absolute Gasteiger partial charge is 0.484 e. The number of hydrogen-bond acceptors (Lipinski definition) is 4. The molecule has 0 saturated carbocycles. The van der Waals surface area contributed by atoms with E-state index in [1.54, 1.807) is 0 Å². The number of nitrogens with zero attached hydrogens (tertiary/aromatic N) is 1. The summed E-state index contributed by atoms with van der Waals surface area (Å²) in [5, 5.41) is 3.05. The molecule has 0 aliphatic carbocycles. The van der Waals surface area contributed by atoms with Crippen molar-refractivity contribution in [2.24, 2.45) is 0 Å². The van der Waals surface area contributed by atoms with Crippen LogP contribution < -0.4 is 10.1 Å². The van der Waals surface area contributed by atoms with E-state index in [4.69, 9.17) is 9.15 Å². The molecule has 1 N–H and O–H groups in total. The molecule has 2 aromatic rings. The van der Waals surface area contributed by atoms with Gasteiger partial charge in [-0.3, -0.25) is 4.98 Å². The molecule has 0 atom stereocenters. The zero-order chi connectivity index (χ0) is 13.7. The van der Waals surface area contributed by atoms with Gasteiger partial charge >= 0.3 is 0 Å². The van der Waals surface area contributed by atoms with Gasteiger partial charge in [0.2, 0.25) is 0 Å². The smallest absolute Gasteiger partial charge is 0.146 e. The van der Waals surface area contributed by atoms with Crippen LogP contribution in [0.2, 0.25) is 0 Å². The highest BCUT2D eigenvalue weighted by Gasteiger charge is 2.06. The Hall–Kier alpha value is -1.81. The number of rotatable bonds is 6. The van der Waals surface area contributed by atoms with Gasteiger partial charge in [0.25, 0.3) is 0 Å². The molecule has 0 aliphatic rings. The van der Waals surface area contributed by atoms with E-state index in [0.29, 0.717) is 6.61 Å². The van der Waals surface area contributed by atoms with Crippen LogP contribution in [0.4, 0.5) is 0 Å². The number of furan rings is 1. The fourth-order valence-corrected chi connectivity index (χ4v) is 1.90. The van der Waals surface area contributed by atoms with Crippen LogP contribution in [0.5, 0.6) is 5.75 Å². The summed E-state index contributed by atoms with van der Waals surface area (Å²) < 4.78 is 11.4. The third-order valence-electron chi connectivity index (χ3n) is 2.84. The molecule has 2 heterocycles. The molecule has 0 fully saturated rings. The zero-order valence-electron chi connectivity index (χ0n) is 11.7. The minimum Gasteiger partial charge on any atom is -0.484 e. The predicted molar refractivity (Wildman–Crippen MR) is 74.2 cm³/mol. The van der Waals surface area contributed by atoms with Crippen LogP contribution in [0, 0.1) is 6.92 Å². The SMILES string of the molecule is CCc1nc(C)ccc1OCc1ccc(CNC)o1. The third-order valence-corrected chi connectivity index (χ3v) is 2.84. The van der Waals surface area contributed by atoms with Crippen molar-refractivity contribution in [3.63, 3.8) is 0 Å². The van der Waals surface area contributed by atoms with Crippen molar-refractivity contribution in [3.8, 4) is 5.75 Å². The minimum atomic E-state index is 0.432. The van der Waals surface area contributed by atoms with Gasteiger partial charge in [0.15, 0.2) is 0 Å². The van der Waals surface area contributed by atoms with E-state index in [0.717, 1.165) is 41.6 Å². The maximum atomic E-state index is 5.78. The van der Waals surface area contributed by atoms with Gasteiger partial charge in [0, 0.05) is 5.69 Å². The van der Waals surface area contributed by atoms with Gasteiger partial charge in [-0.1, -0.05) is 6.92 Å². The molecule has 4 heteroatoms. The Morgan fingerprint density at radius 1 is 1.21 bits per heavy atom. The summed E-state index contributed by atoms with van der Waals surface area (Å²) in [7, 11) is 1.89. The maximum Gasteiger partial charge on any atom is 0.146 e. The van der Waals surface area contributed by atoms with E-state index in [2.05, 4.69) is 17.2 Å². The van der Waals surface area contributed by atoms with Crippen molar-refractivity contribution < 1.29 is 9.15 Å². The highest BCUT2D eigenvalue weighted by molar-refractivity contribution is 5.29. The van der Waals surface area contributed by atoms with Gasteiger partial charge in [-0.05, 0) is 44.7 Å². The molecule has 0 bridgehead atoms. The molecule has 0 spiro atoms. The summed E-state index contributed by atoms with van der Waals surface area (Å²) >= 11 is 0. The van der Waals surface area contributed by atoms with Crippen LogP contribution in [-0.2, 0) is 19.6 Å². The lowest BCUT2D eigenvalue weighted by Crippen LogP contribution is -2.03. The minimum absolute atomic E-state index is 0.432. The summed E-state index contributed by atoms with van der Waals surface area (Å²) in [4.78, 5) is 4.47. The number of ether oxygens (including phenoxy) is 1. The van der Waals surface area contributed by atoms with E-state index < -0.39 is 0 Å². The number of pyridine rings is 1.